The van der Waals surface area contributed by atoms with Crippen molar-refractivity contribution in [2.75, 3.05) is 13.1 Å². The maximum Gasteiger partial charge on any atom is 0.262 e. The van der Waals surface area contributed by atoms with Crippen molar-refractivity contribution in [2.24, 2.45) is 0 Å². The molecule has 1 aromatic carbocycles. The fourth-order valence-corrected chi connectivity index (χ4v) is 3.84. The van der Waals surface area contributed by atoms with Crippen molar-refractivity contribution in [1.82, 2.24) is 4.90 Å². The highest BCUT2D eigenvalue weighted by Gasteiger charge is 2.18. The molecule has 104 valence electrons. The summed E-state index contributed by atoms with van der Waals surface area (Å²) in [5, 5.41) is -0.329. The number of benzene rings is 1. The van der Waals surface area contributed by atoms with E-state index in [4.69, 9.17) is 11.6 Å². The second-order valence-electron chi connectivity index (χ2n) is 5.09. The van der Waals surface area contributed by atoms with Gasteiger partial charge in [-0.3, -0.25) is 9.69 Å². The van der Waals surface area contributed by atoms with Crippen LogP contribution in [0.5, 0.6) is 0 Å². The van der Waals surface area contributed by atoms with Gasteiger partial charge in [-0.25, -0.2) is 0 Å². The van der Waals surface area contributed by atoms with Crippen LogP contribution in [0, 0.1) is 0 Å². The summed E-state index contributed by atoms with van der Waals surface area (Å²) in [5.41, 5.74) is 2.66. The summed E-state index contributed by atoms with van der Waals surface area (Å²) in [6.45, 7) is 3.07. The molecule has 0 atom stereocenters. The molecule has 0 radical (unpaired) electrons. The third kappa shape index (κ3) is 3.11. The van der Waals surface area contributed by atoms with Crippen molar-refractivity contribution in [2.45, 2.75) is 19.4 Å². The molecule has 0 spiro atoms. The van der Waals surface area contributed by atoms with Crippen LogP contribution in [-0.2, 0) is 19.4 Å². The van der Waals surface area contributed by atoms with E-state index in [0.717, 1.165) is 32.5 Å². The maximum absolute atomic E-state index is 11.2. The third-order valence-corrected chi connectivity index (χ3v) is 5.24. The molecule has 0 unspecified atom stereocenters. The van der Waals surface area contributed by atoms with Crippen LogP contribution in [0.25, 0.3) is 0 Å². The lowest BCUT2D eigenvalue weighted by Gasteiger charge is -2.19. The Morgan fingerprint density at radius 2 is 1.95 bits per heavy atom. The van der Waals surface area contributed by atoms with Crippen LogP contribution < -0.4 is 0 Å². The molecule has 2 nitrogen and oxygen atoms in total. The van der Waals surface area contributed by atoms with Gasteiger partial charge in [-0.05, 0) is 41.6 Å². The summed E-state index contributed by atoms with van der Waals surface area (Å²) < 4.78 is 0. The highest BCUT2D eigenvalue weighted by molar-refractivity contribution is 7.15. The number of carbonyl (C=O) groups excluding carboxylic acids is 1. The fourth-order valence-electron chi connectivity index (χ4n) is 2.64. The van der Waals surface area contributed by atoms with Crippen LogP contribution in [0.1, 0.15) is 25.7 Å². The summed E-state index contributed by atoms with van der Waals surface area (Å²) in [5.74, 6) is 0. The molecule has 0 N–H and O–H groups in total. The van der Waals surface area contributed by atoms with Crippen LogP contribution in [0.15, 0.2) is 36.4 Å². The number of carbonyl (C=O) groups is 1. The lowest BCUT2D eigenvalue weighted by atomic mass is 10.1. The molecule has 1 aliphatic heterocycles. The Kier molecular flexibility index (Phi) is 4.20. The Morgan fingerprint density at radius 1 is 1.20 bits per heavy atom. The number of hydrogen-bond donors (Lipinski definition) is 0. The molecule has 0 bridgehead atoms. The first-order chi connectivity index (χ1) is 9.72. The van der Waals surface area contributed by atoms with E-state index in [0.29, 0.717) is 4.88 Å². The van der Waals surface area contributed by atoms with Crippen LogP contribution in [0.2, 0.25) is 0 Å². The van der Waals surface area contributed by atoms with Crippen LogP contribution in [0.3, 0.4) is 0 Å². The Labute approximate surface area is 128 Å². The van der Waals surface area contributed by atoms with E-state index in [2.05, 4.69) is 29.2 Å². The Morgan fingerprint density at radius 3 is 2.70 bits per heavy atom. The predicted octanol–water partition coefficient (Wildman–Crippen LogP) is 3.73. The first-order valence-electron chi connectivity index (χ1n) is 6.80. The molecule has 1 aromatic heterocycles. The number of thiophene rings is 1. The molecule has 3 rings (SSSR count). The van der Waals surface area contributed by atoms with E-state index in [1.54, 1.807) is 11.3 Å². The van der Waals surface area contributed by atoms with Crippen LogP contribution >= 0.6 is 22.9 Å². The van der Waals surface area contributed by atoms with E-state index in [1.807, 2.05) is 12.1 Å². The van der Waals surface area contributed by atoms with Crippen molar-refractivity contribution >= 4 is 28.2 Å². The molecule has 0 fully saturated rings. The topological polar surface area (TPSA) is 20.3 Å². The summed E-state index contributed by atoms with van der Waals surface area (Å²) in [6, 6.07) is 12.5. The zero-order valence-electron chi connectivity index (χ0n) is 11.1. The Balaban J connectivity index is 1.67. The molecule has 2 heterocycles. The van der Waals surface area contributed by atoms with Crippen molar-refractivity contribution in [3.63, 3.8) is 0 Å². The molecule has 20 heavy (non-hydrogen) atoms. The minimum absolute atomic E-state index is 0.329. The smallest absolute Gasteiger partial charge is 0.262 e. The highest BCUT2D eigenvalue weighted by Crippen LogP contribution is 2.27. The fraction of sp³-hybridized carbons (Fsp3) is 0.312. The number of hydrogen-bond acceptors (Lipinski definition) is 3. The van der Waals surface area contributed by atoms with Gasteiger partial charge in [-0.2, -0.15) is 0 Å². The predicted molar refractivity (Wildman–Crippen MR) is 83.6 cm³/mol. The quantitative estimate of drug-likeness (QED) is 0.805. The van der Waals surface area contributed by atoms with Crippen LogP contribution in [0.4, 0.5) is 0 Å². The van der Waals surface area contributed by atoms with Gasteiger partial charge < -0.3 is 0 Å². The Hall–Kier alpha value is -1.16. The van der Waals surface area contributed by atoms with Crippen molar-refractivity contribution < 1.29 is 4.79 Å². The Bertz CT molecular complexity index is 583. The van der Waals surface area contributed by atoms with Gasteiger partial charge >= 0.3 is 0 Å². The van der Waals surface area contributed by atoms with Gasteiger partial charge in [0.2, 0.25) is 0 Å². The van der Waals surface area contributed by atoms with Crippen molar-refractivity contribution in [1.29, 1.82) is 0 Å². The van der Waals surface area contributed by atoms with E-state index >= 15 is 0 Å². The lowest BCUT2D eigenvalue weighted by molar-refractivity contribution is 0.108. The molecule has 1 aliphatic rings. The van der Waals surface area contributed by atoms with Crippen molar-refractivity contribution in [3.05, 3.63) is 57.3 Å². The first-order valence-corrected chi connectivity index (χ1v) is 7.99. The molecular formula is C16H16ClNOS. The molecular weight excluding hydrogens is 290 g/mol. The highest BCUT2D eigenvalue weighted by atomic mass is 35.5. The lowest BCUT2D eigenvalue weighted by Crippen LogP contribution is -2.25. The van der Waals surface area contributed by atoms with E-state index in [9.17, 15) is 4.79 Å². The molecule has 4 heteroatoms. The molecule has 0 amide bonds. The summed E-state index contributed by atoms with van der Waals surface area (Å²) >= 11 is 7.12. The normalized spacial score (nSPS) is 15.7. The number of nitrogens with zero attached hydrogens (tertiary/aromatic N) is 1. The number of halogens is 1. The standard InChI is InChI=1S/C16H16ClNOS/c17-16(19)15-10-13-6-8-18(9-7-14(13)20-15)11-12-4-2-1-3-5-12/h1-5,10H,6-9,11H2. The minimum atomic E-state index is -0.329. The van der Waals surface area contributed by atoms with Gasteiger partial charge in [-0.1, -0.05) is 30.3 Å². The maximum atomic E-state index is 11.2. The van der Waals surface area contributed by atoms with E-state index < -0.39 is 0 Å². The van der Waals surface area contributed by atoms with Gasteiger partial charge in [0.25, 0.3) is 5.24 Å². The minimum Gasteiger partial charge on any atom is -0.298 e. The van der Waals surface area contributed by atoms with Gasteiger partial charge in [0.1, 0.15) is 0 Å². The average Bonchev–Trinajstić information content (AvgIpc) is 2.78. The SMILES string of the molecule is O=C(Cl)c1cc2c(s1)CCN(Cc1ccccc1)CC2. The second kappa shape index (κ2) is 6.08. The molecule has 0 saturated heterocycles. The molecule has 2 aromatic rings. The zero-order valence-corrected chi connectivity index (χ0v) is 12.7. The van der Waals surface area contributed by atoms with E-state index in [-0.39, 0.29) is 5.24 Å². The number of fused-ring (bicyclic) bond motifs is 1. The van der Waals surface area contributed by atoms with Gasteiger partial charge in [0.15, 0.2) is 0 Å². The monoisotopic (exact) mass is 305 g/mol. The average molecular weight is 306 g/mol. The third-order valence-electron chi connectivity index (χ3n) is 3.69. The molecule has 0 aliphatic carbocycles. The largest absolute Gasteiger partial charge is 0.298 e. The van der Waals surface area contributed by atoms with E-state index in [1.165, 1.54) is 16.0 Å². The first kappa shape index (κ1) is 13.8. The van der Waals surface area contributed by atoms with Crippen LogP contribution in [-0.4, -0.2) is 23.2 Å². The van der Waals surface area contributed by atoms with Gasteiger partial charge in [0, 0.05) is 24.5 Å². The summed E-state index contributed by atoms with van der Waals surface area (Å²) in [7, 11) is 0. The second-order valence-corrected chi connectivity index (χ2v) is 6.57. The van der Waals surface area contributed by atoms with Crippen molar-refractivity contribution in [3.8, 4) is 0 Å². The molecule has 0 saturated carbocycles. The summed E-state index contributed by atoms with van der Waals surface area (Å²) in [4.78, 5) is 15.7. The summed E-state index contributed by atoms with van der Waals surface area (Å²) in [6.07, 6.45) is 2.01. The zero-order chi connectivity index (χ0) is 13.9. The van der Waals surface area contributed by atoms with Gasteiger partial charge in [0.05, 0.1) is 4.88 Å². The van der Waals surface area contributed by atoms with Gasteiger partial charge in [-0.15, -0.1) is 11.3 Å². The number of rotatable bonds is 3.